The molecule has 3 unspecified atom stereocenters. The molecule has 1 amide bonds. The summed E-state index contributed by atoms with van der Waals surface area (Å²) < 4.78 is 0. The van der Waals surface area contributed by atoms with Crippen LogP contribution in [0.4, 0.5) is 0 Å². The smallest absolute Gasteiger partial charge is 0.249 e. The van der Waals surface area contributed by atoms with Crippen molar-refractivity contribution in [2.75, 3.05) is 6.61 Å². The highest BCUT2D eigenvalue weighted by atomic mass is 16.3. The minimum Gasteiger partial charge on any atom is -0.394 e. The average Bonchev–Trinajstić information content (AvgIpc) is 3.19. The summed E-state index contributed by atoms with van der Waals surface area (Å²) in [5.74, 6) is -0.517. The van der Waals surface area contributed by atoms with Gasteiger partial charge in [0, 0.05) is 0 Å². The largest absolute Gasteiger partial charge is 0.394 e. The number of hydrogen-bond donors (Lipinski definition) is 4. The Kier molecular flexibility index (Phi) is 44.1. The number of nitrogens with one attached hydrogen (secondary N) is 1. The van der Waals surface area contributed by atoms with Gasteiger partial charge >= 0.3 is 0 Å². The molecule has 5 heteroatoms. The first-order valence-electron chi connectivity index (χ1n) is 24.3. The summed E-state index contributed by atoms with van der Waals surface area (Å²) in [4.78, 5) is 12.5. The van der Waals surface area contributed by atoms with Crippen molar-refractivity contribution in [3.8, 4) is 0 Å². The molecule has 3 atom stereocenters. The van der Waals surface area contributed by atoms with Gasteiger partial charge in [0.15, 0.2) is 0 Å². The Morgan fingerprint density at radius 3 is 1.11 bits per heavy atom. The average molecular weight is 774 g/mol. The van der Waals surface area contributed by atoms with E-state index in [4.69, 9.17) is 0 Å². The highest BCUT2D eigenvalue weighted by Crippen LogP contribution is 2.16. The summed E-state index contributed by atoms with van der Waals surface area (Å²) in [7, 11) is 0. The molecule has 0 saturated heterocycles. The van der Waals surface area contributed by atoms with Crippen molar-refractivity contribution in [2.24, 2.45) is 0 Å². The number of hydrogen-bond acceptors (Lipinski definition) is 4. The van der Waals surface area contributed by atoms with Crippen LogP contribution in [0.25, 0.3) is 0 Å². The van der Waals surface area contributed by atoms with Crippen LogP contribution in [0.5, 0.6) is 0 Å². The fourth-order valence-electron chi connectivity index (χ4n) is 7.37. The first-order valence-corrected chi connectivity index (χ1v) is 24.3. The molecular weight excluding hydrogens is 679 g/mol. The molecule has 0 fully saturated rings. The molecule has 0 aromatic rings. The Morgan fingerprint density at radius 1 is 0.436 bits per heavy atom. The topological polar surface area (TPSA) is 89.8 Å². The number of aliphatic hydroxyl groups is 3. The van der Waals surface area contributed by atoms with Crippen molar-refractivity contribution in [1.82, 2.24) is 5.32 Å². The van der Waals surface area contributed by atoms with Crippen LogP contribution in [-0.2, 0) is 4.79 Å². The second kappa shape index (κ2) is 45.3. The zero-order valence-electron chi connectivity index (χ0n) is 36.8. The normalized spacial score (nSPS) is 13.8. The Hall–Kier alpha value is -1.43. The summed E-state index contributed by atoms with van der Waals surface area (Å²) in [6.07, 6.45) is 57.7. The molecule has 0 aromatic carbocycles. The van der Waals surface area contributed by atoms with Gasteiger partial charge in [0.2, 0.25) is 5.91 Å². The fraction of sp³-hybridized carbons (Fsp3) is 0.860. The summed E-state index contributed by atoms with van der Waals surface area (Å²) in [5.41, 5.74) is 0. The highest BCUT2D eigenvalue weighted by Gasteiger charge is 2.22. The van der Waals surface area contributed by atoms with E-state index in [-0.39, 0.29) is 6.61 Å². The van der Waals surface area contributed by atoms with Crippen LogP contribution in [0.2, 0.25) is 0 Å². The molecule has 0 aliphatic rings. The Bertz CT molecular complexity index is 855. The summed E-state index contributed by atoms with van der Waals surface area (Å²) >= 11 is 0. The predicted molar refractivity (Wildman–Crippen MR) is 241 cm³/mol. The van der Waals surface area contributed by atoms with Gasteiger partial charge < -0.3 is 20.6 Å². The summed E-state index contributed by atoms with van der Waals surface area (Å²) in [6.45, 7) is 4.18. The van der Waals surface area contributed by atoms with Gasteiger partial charge in [-0.2, -0.15) is 0 Å². The highest BCUT2D eigenvalue weighted by molar-refractivity contribution is 5.80. The van der Waals surface area contributed by atoms with E-state index in [1.165, 1.54) is 193 Å². The van der Waals surface area contributed by atoms with E-state index in [9.17, 15) is 20.1 Å². The molecule has 0 spiro atoms. The molecule has 0 radical (unpaired) electrons. The van der Waals surface area contributed by atoms with Crippen LogP contribution in [0.15, 0.2) is 36.5 Å². The first-order chi connectivity index (χ1) is 27.1. The van der Waals surface area contributed by atoms with Crippen LogP contribution in [-0.4, -0.2) is 46.1 Å². The molecule has 0 aliphatic carbocycles. The van der Waals surface area contributed by atoms with Crippen LogP contribution in [0.3, 0.4) is 0 Å². The van der Waals surface area contributed by atoms with E-state index < -0.39 is 24.2 Å². The number of amides is 1. The molecule has 0 aromatic heterocycles. The Morgan fingerprint density at radius 2 is 0.745 bits per heavy atom. The number of carbonyl (C=O) groups is 1. The maximum Gasteiger partial charge on any atom is 0.249 e. The fourth-order valence-corrected chi connectivity index (χ4v) is 7.37. The molecule has 0 bridgehead atoms. The van der Waals surface area contributed by atoms with Gasteiger partial charge in [-0.1, -0.05) is 230 Å². The van der Waals surface area contributed by atoms with Crippen molar-refractivity contribution < 1.29 is 20.1 Å². The molecule has 0 saturated carbocycles. The number of rotatable bonds is 44. The molecule has 0 rings (SSSR count). The van der Waals surface area contributed by atoms with E-state index in [2.05, 4.69) is 43.5 Å². The first kappa shape index (κ1) is 53.6. The second-order valence-electron chi connectivity index (χ2n) is 16.7. The molecule has 5 nitrogen and oxygen atoms in total. The summed E-state index contributed by atoms with van der Waals surface area (Å²) in [5, 5.41) is 33.2. The van der Waals surface area contributed by atoms with Gasteiger partial charge in [-0.3, -0.25) is 4.79 Å². The van der Waals surface area contributed by atoms with Crippen LogP contribution < -0.4 is 5.32 Å². The van der Waals surface area contributed by atoms with E-state index in [0.29, 0.717) is 6.42 Å². The van der Waals surface area contributed by atoms with Crippen molar-refractivity contribution >= 4 is 5.91 Å². The zero-order valence-corrected chi connectivity index (χ0v) is 36.8. The SMILES string of the molecule is CCCCCCCC/C=C\CCCCCCCCC(O)C(=O)NC(CO)C(O)/C=C/CC/C=C/CCCCCCCCCCCCCCCCCCCCC. The molecule has 0 heterocycles. The monoisotopic (exact) mass is 774 g/mol. The minimum absolute atomic E-state index is 0.377. The van der Waals surface area contributed by atoms with Crippen LogP contribution >= 0.6 is 0 Å². The van der Waals surface area contributed by atoms with Gasteiger partial charge in [-0.25, -0.2) is 0 Å². The number of allylic oxidation sites excluding steroid dienone is 5. The van der Waals surface area contributed by atoms with Crippen molar-refractivity contribution in [3.05, 3.63) is 36.5 Å². The minimum atomic E-state index is -1.11. The van der Waals surface area contributed by atoms with Gasteiger partial charge in [0.1, 0.15) is 6.10 Å². The quantitative estimate of drug-likeness (QED) is 0.0367. The lowest BCUT2D eigenvalue weighted by Gasteiger charge is -2.21. The van der Waals surface area contributed by atoms with E-state index >= 15 is 0 Å². The van der Waals surface area contributed by atoms with Gasteiger partial charge in [0.05, 0.1) is 18.8 Å². The van der Waals surface area contributed by atoms with Crippen molar-refractivity contribution in [2.45, 2.75) is 270 Å². The molecule has 324 valence electrons. The zero-order chi connectivity index (χ0) is 40.1. The van der Waals surface area contributed by atoms with E-state index in [1.807, 2.05) is 6.08 Å². The molecule has 55 heavy (non-hydrogen) atoms. The number of unbranched alkanes of at least 4 members (excludes halogenated alkanes) is 32. The number of aliphatic hydroxyl groups excluding tert-OH is 3. The lowest BCUT2D eigenvalue weighted by Crippen LogP contribution is -2.48. The third-order valence-electron chi connectivity index (χ3n) is 11.2. The molecule has 0 aliphatic heterocycles. The van der Waals surface area contributed by atoms with E-state index in [0.717, 1.165) is 38.5 Å². The maximum atomic E-state index is 12.5. The standard InChI is InChI=1S/C50H95NO4/c1-3-5-7-9-11-13-15-17-19-21-22-23-24-25-26-27-28-29-31-32-34-36-38-40-42-44-48(53)47(46-52)51-50(55)49(54)45-43-41-39-37-35-33-30-20-18-16-14-12-10-8-6-4-2/h18,20,34,36,42,44,47-49,52-54H,3-17,19,21-33,35,37-41,43,45-46H2,1-2H3,(H,51,55)/b20-18-,36-34+,44-42+. The lowest BCUT2D eigenvalue weighted by molar-refractivity contribution is -0.131. The lowest BCUT2D eigenvalue weighted by atomic mass is 10.0. The number of carbonyl (C=O) groups excluding carboxylic acids is 1. The summed E-state index contributed by atoms with van der Waals surface area (Å²) in [6, 6.07) is -0.817. The second-order valence-corrected chi connectivity index (χ2v) is 16.7. The Labute approximate surface area is 343 Å². The maximum absolute atomic E-state index is 12.5. The van der Waals surface area contributed by atoms with Crippen LogP contribution in [0.1, 0.15) is 251 Å². The van der Waals surface area contributed by atoms with E-state index in [1.54, 1.807) is 6.08 Å². The molecule has 4 N–H and O–H groups in total. The van der Waals surface area contributed by atoms with Crippen molar-refractivity contribution in [3.63, 3.8) is 0 Å². The third-order valence-corrected chi connectivity index (χ3v) is 11.2. The molecular formula is C50H95NO4. The Balaban J connectivity index is 3.66. The van der Waals surface area contributed by atoms with Gasteiger partial charge in [-0.15, -0.1) is 0 Å². The third kappa shape index (κ3) is 40.6. The van der Waals surface area contributed by atoms with Gasteiger partial charge in [-0.05, 0) is 57.8 Å². The van der Waals surface area contributed by atoms with Gasteiger partial charge in [0.25, 0.3) is 0 Å². The predicted octanol–water partition coefficient (Wildman–Crippen LogP) is 14.3. The van der Waals surface area contributed by atoms with Crippen molar-refractivity contribution in [1.29, 1.82) is 0 Å². The van der Waals surface area contributed by atoms with Crippen LogP contribution in [0, 0.1) is 0 Å².